The number of aromatic nitrogens is 2. The van der Waals surface area contributed by atoms with Crippen molar-refractivity contribution < 1.29 is 9.29 Å². The molecule has 1 aliphatic rings. The Labute approximate surface area is 180 Å². The van der Waals surface area contributed by atoms with Crippen molar-refractivity contribution in [1.82, 2.24) is 9.97 Å². The summed E-state index contributed by atoms with van der Waals surface area (Å²) in [5.41, 5.74) is 2.23. The number of piperazine rings is 1. The van der Waals surface area contributed by atoms with Gasteiger partial charge < -0.3 is 14.8 Å². The maximum absolute atomic E-state index is 13.2. The van der Waals surface area contributed by atoms with Crippen molar-refractivity contribution in [2.75, 3.05) is 31.1 Å². The van der Waals surface area contributed by atoms with Gasteiger partial charge in [-0.05, 0) is 49.1 Å². The number of H-pyrrole nitrogens is 1. The van der Waals surface area contributed by atoms with Crippen molar-refractivity contribution in [2.24, 2.45) is 5.92 Å². The summed E-state index contributed by atoms with van der Waals surface area (Å²) in [5, 5.41) is 0.790. The molecule has 0 amide bonds. The van der Waals surface area contributed by atoms with Gasteiger partial charge in [-0.15, -0.1) is 11.3 Å². The monoisotopic (exact) mass is 429 g/mol. The fourth-order valence-corrected chi connectivity index (χ4v) is 5.26. The van der Waals surface area contributed by atoms with E-state index in [2.05, 4.69) is 30.7 Å². The Bertz CT molecular complexity index is 1070. The third-order valence-corrected chi connectivity index (χ3v) is 7.28. The van der Waals surface area contributed by atoms with Gasteiger partial charge in [-0.1, -0.05) is 20.3 Å². The van der Waals surface area contributed by atoms with E-state index in [4.69, 9.17) is 4.98 Å². The number of quaternary nitrogens is 1. The summed E-state index contributed by atoms with van der Waals surface area (Å²) in [6.45, 7) is 11.0. The van der Waals surface area contributed by atoms with Crippen LogP contribution < -0.4 is 15.4 Å². The SMILES string of the molecule is CC[C@@H](C)Cc1c(C)sc2nc(C[NH+]3CCN(c4ccc(F)cc4)CC3)[nH]c(=O)c12. The van der Waals surface area contributed by atoms with Crippen LogP contribution >= 0.6 is 11.3 Å². The second kappa shape index (κ2) is 8.86. The first-order chi connectivity index (χ1) is 14.4. The van der Waals surface area contributed by atoms with Gasteiger partial charge in [0, 0.05) is 10.6 Å². The molecule has 0 bridgehead atoms. The lowest BCUT2D eigenvalue weighted by Crippen LogP contribution is -3.13. The van der Waals surface area contributed by atoms with E-state index in [9.17, 15) is 9.18 Å². The summed E-state index contributed by atoms with van der Waals surface area (Å²) in [6.07, 6.45) is 2.04. The largest absolute Gasteiger partial charge is 0.360 e. The van der Waals surface area contributed by atoms with E-state index in [0.717, 1.165) is 67.3 Å². The Balaban J connectivity index is 1.46. The van der Waals surface area contributed by atoms with Crippen molar-refractivity contribution in [2.45, 2.75) is 40.2 Å². The number of rotatable bonds is 6. The van der Waals surface area contributed by atoms with Crippen molar-refractivity contribution >= 4 is 27.2 Å². The molecular weight excluding hydrogens is 399 g/mol. The molecule has 1 aliphatic heterocycles. The predicted molar refractivity (Wildman–Crippen MR) is 121 cm³/mol. The number of aryl methyl sites for hydroxylation is 1. The minimum atomic E-state index is -0.204. The molecule has 1 saturated heterocycles. The topological polar surface area (TPSA) is 53.4 Å². The number of nitrogens with zero attached hydrogens (tertiary/aromatic N) is 2. The number of thiophene rings is 1. The predicted octanol–water partition coefficient (Wildman–Crippen LogP) is 2.93. The van der Waals surface area contributed by atoms with E-state index in [0.29, 0.717) is 5.92 Å². The minimum absolute atomic E-state index is 0.00185. The number of hydrogen-bond acceptors (Lipinski definition) is 4. The van der Waals surface area contributed by atoms with E-state index in [1.54, 1.807) is 11.3 Å². The van der Waals surface area contributed by atoms with E-state index in [1.165, 1.54) is 27.5 Å². The molecule has 7 heteroatoms. The maximum atomic E-state index is 13.2. The maximum Gasteiger partial charge on any atom is 0.260 e. The highest BCUT2D eigenvalue weighted by molar-refractivity contribution is 7.18. The highest BCUT2D eigenvalue weighted by Crippen LogP contribution is 2.29. The number of anilines is 1. The number of hydrogen-bond donors (Lipinski definition) is 2. The molecule has 3 heterocycles. The van der Waals surface area contributed by atoms with E-state index < -0.39 is 0 Å². The van der Waals surface area contributed by atoms with Crippen LogP contribution in [0.4, 0.5) is 10.1 Å². The van der Waals surface area contributed by atoms with Crippen LogP contribution in [0, 0.1) is 18.7 Å². The highest BCUT2D eigenvalue weighted by atomic mass is 32.1. The van der Waals surface area contributed by atoms with Crippen LogP contribution in [0.1, 0.15) is 36.5 Å². The quantitative estimate of drug-likeness (QED) is 0.634. The number of aromatic amines is 1. The van der Waals surface area contributed by atoms with Crippen LogP contribution in [0.2, 0.25) is 0 Å². The molecule has 2 N–H and O–H groups in total. The zero-order valence-corrected chi connectivity index (χ0v) is 18.7. The summed E-state index contributed by atoms with van der Waals surface area (Å²) < 4.78 is 13.2. The van der Waals surface area contributed by atoms with Gasteiger partial charge >= 0.3 is 0 Å². The fourth-order valence-electron chi connectivity index (χ4n) is 4.19. The molecule has 160 valence electrons. The summed E-state index contributed by atoms with van der Waals surface area (Å²) in [7, 11) is 0. The zero-order chi connectivity index (χ0) is 21.3. The second-order valence-electron chi connectivity index (χ2n) is 8.44. The standard InChI is InChI=1S/C23H29FN4OS/c1-4-15(2)13-19-16(3)30-23-21(19)22(29)25-20(26-23)14-27-9-11-28(12-10-27)18-7-5-17(24)6-8-18/h5-8,15H,4,9-14H2,1-3H3,(H,25,26,29)/p+1/t15-/m1/s1. The average molecular weight is 430 g/mol. The molecule has 2 aromatic heterocycles. The van der Waals surface area contributed by atoms with Crippen LogP contribution in [0.5, 0.6) is 0 Å². The van der Waals surface area contributed by atoms with Gasteiger partial charge in [0.15, 0.2) is 5.82 Å². The van der Waals surface area contributed by atoms with E-state index in [1.807, 2.05) is 12.1 Å². The van der Waals surface area contributed by atoms with Gasteiger partial charge in [-0.3, -0.25) is 4.79 Å². The number of fused-ring (bicyclic) bond motifs is 1. The summed E-state index contributed by atoms with van der Waals surface area (Å²) >= 11 is 1.64. The molecule has 0 saturated carbocycles. The minimum Gasteiger partial charge on any atom is -0.360 e. The molecule has 30 heavy (non-hydrogen) atoms. The van der Waals surface area contributed by atoms with Crippen LogP contribution in [-0.2, 0) is 13.0 Å². The Morgan fingerprint density at radius 2 is 1.97 bits per heavy atom. The van der Waals surface area contributed by atoms with Crippen molar-refractivity contribution in [3.63, 3.8) is 0 Å². The average Bonchev–Trinajstić information content (AvgIpc) is 3.04. The molecule has 0 radical (unpaired) electrons. The number of halogens is 1. The van der Waals surface area contributed by atoms with Crippen LogP contribution in [-0.4, -0.2) is 36.1 Å². The normalized spacial score (nSPS) is 16.3. The third kappa shape index (κ3) is 4.42. The van der Waals surface area contributed by atoms with Gasteiger partial charge in [-0.2, -0.15) is 0 Å². The molecule has 0 spiro atoms. The lowest BCUT2D eigenvalue weighted by molar-refractivity contribution is -0.915. The van der Waals surface area contributed by atoms with Crippen LogP contribution in [0.15, 0.2) is 29.1 Å². The van der Waals surface area contributed by atoms with Gasteiger partial charge in [0.05, 0.1) is 31.6 Å². The zero-order valence-electron chi connectivity index (χ0n) is 17.9. The van der Waals surface area contributed by atoms with Gasteiger partial charge in [0.25, 0.3) is 5.56 Å². The van der Waals surface area contributed by atoms with Crippen molar-refractivity contribution in [3.05, 3.63) is 56.7 Å². The lowest BCUT2D eigenvalue weighted by atomic mass is 9.98. The Morgan fingerprint density at radius 3 is 2.63 bits per heavy atom. The molecule has 4 rings (SSSR count). The van der Waals surface area contributed by atoms with E-state index in [-0.39, 0.29) is 11.4 Å². The lowest BCUT2D eigenvalue weighted by Gasteiger charge is -2.33. The van der Waals surface area contributed by atoms with Crippen molar-refractivity contribution in [1.29, 1.82) is 0 Å². The molecule has 1 fully saturated rings. The third-order valence-electron chi connectivity index (χ3n) is 6.24. The summed E-state index contributed by atoms with van der Waals surface area (Å²) in [5.74, 6) is 1.13. The fraction of sp³-hybridized carbons (Fsp3) is 0.478. The first kappa shape index (κ1) is 21.0. The van der Waals surface area contributed by atoms with Gasteiger partial charge in [0.2, 0.25) is 0 Å². The Morgan fingerprint density at radius 1 is 1.27 bits per heavy atom. The van der Waals surface area contributed by atoms with Gasteiger partial charge in [0.1, 0.15) is 17.2 Å². The summed E-state index contributed by atoms with van der Waals surface area (Å²) in [6, 6.07) is 6.70. The molecule has 0 unspecified atom stereocenters. The second-order valence-corrected chi connectivity index (χ2v) is 9.64. The molecule has 3 aromatic rings. The highest BCUT2D eigenvalue weighted by Gasteiger charge is 2.23. The van der Waals surface area contributed by atoms with Gasteiger partial charge in [-0.25, -0.2) is 9.37 Å². The molecule has 1 aromatic carbocycles. The Hall–Kier alpha value is -2.25. The number of benzene rings is 1. The molecule has 1 atom stereocenters. The van der Waals surface area contributed by atoms with E-state index >= 15 is 0 Å². The molecular formula is C23H30FN4OS+. The first-order valence-electron chi connectivity index (χ1n) is 10.8. The first-order valence-corrected chi connectivity index (χ1v) is 11.6. The van der Waals surface area contributed by atoms with Crippen LogP contribution in [0.3, 0.4) is 0 Å². The van der Waals surface area contributed by atoms with Crippen molar-refractivity contribution in [3.8, 4) is 0 Å². The molecule has 0 aliphatic carbocycles. The summed E-state index contributed by atoms with van der Waals surface area (Å²) in [4.78, 5) is 26.5. The Kier molecular flexibility index (Phi) is 6.20. The number of nitrogens with one attached hydrogen (secondary N) is 2. The van der Waals surface area contributed by atoms with Crippen LogP contribution in [0.25, 0.3) is 10.2 Å². The smallest absolute Gasteiger partial charge is 0.260 e. The molecule has 5 nitrogen and oxygen atoms in total.